The highest BCUT2D eigenvalue weighted by atomic mass is 79.9. The molecule has 1 rings (SSSR count). The van der Waals surface area contributed by atoms with Gasteiger partial charge in [-0.25, -0.2) is 0 Å². The molecule has 1 atom stereocenters. The van der Waals surface area contributed by atoms with Gasteiger partial charge in [0, 0.05) is 11.0 Å². The monoisotopic (exact) mass is 311 g/mol. The molecule has 0 aliphatic carbocycles. The van der Waals surface area contributed by atoms with E-state index in [9.17, 15) is 0 Å². The van der Waals surface area contributed by atoms with E-state index in [4.69, 9.17) is 4.74 Å². The van der Waals surface area contributed by atoms with Crippen molar-refractivity contribution in [2.75, 3.05) is 6.54 Å². The lowest BCUT2D eigenvalue weighted by molar-refractivity contribution is 0.270. The minimum atomic E-state index is 0.0302. The summed E-state index contributed by atoms with van der Waals surface area (Å²) < 4.78 is 6.83. The quantitative estimate of drug-likeness (QED) is 0.764. The Morgan fingerprint density at radius 2 is 2.11 bits per heavy atom. The number of rotatable bonds is 7. The summed E-state index contributed by atoms with van der Waals surface area (Å²) in [6.45, 7) is 12.0. The van der Waals surface area contributed by atoms with Crippen molar-refractivity contribution in [2.45, 2.75) is 33.4 Å². The molecular weight excluding hydrogens is 290 g/mol. The zero-order valence-corrected chi connectivity index (χ0v) is 13.0. The Morgan fingerprint density at radius 1 is 1.39 bits per heavy atom. The van der Waals surface area contributed by atoms with Crippen LogP contribution in [0, 0.1) is 5.92 Å². The first-order valence-corrected chi connectivity index (χ1v) is 7.10. The van der Waals surface area contributed by atoms with Crippen LogP contribution in [0.4, 0.5) is 0 Å². The molecule has 0 fully saturated rings. The Kier molecular flexibility index (Phi) is 6.44. The predicted molar refractivity (Wildman–Crippen MR) is 81.0 cm³/mol. The van der Waals surface area contributed by atoms with E-state index in [2.05, 4.69) is 47.7 Å². The fourth-order valence-corrected chi connectivity index (χ4v) is 1.90. The summed E-state index contributed by atoms with van der Waals surface area (Å²) in [5, 5.41) is 3.43. The maximum Gasteiger partial charge on any atom is 0.120 e. The molecular formula is C15H22BrNO. The molecule has 0 spiro atoms. The Hall–Kier alpha value is -0.800. The van der Waals surface area contributed by atoms with Gasteiger partial charge in [-0.1, -0.05) is 42.4 Å². The standard InChI is InChI=1S/C15H22BrNO/c1-5-12(4)18-14-6-7-15(16)13(8-14)10-17-9-11(2)3/h5-8,11-12,17H,1,9-10H2,2-4H3. The smallest absolute Gasteiger partial charge is 0.120 e. The highest BCUT2D eigenvalue weighted by molar-refractivity contribution is 9.10. The van der Waals surface area contributed by atoms with Crippen molar-refractivity contribution in [1.82, 2.24) is 5.32 Å². The molecule has 0 aliphatic rings. The molecule has 1 aromatic carbocycles. The molecule has 0 heterocycles. The van der Waals surface area contributed by atoms with Crippen LogP contribution < -0.4 is 10.1 Å². The number of hydrogen-bond donors (Lipinski definition) is 1. The maximum atomic E-state index is 5.72. The normalized spacial score (nSPS) is 12.5. The average Bonchev–Trinajstić information content (AvgIpc) is 2.32. The van der Waals surface area contributed by atoms with Gasteiger partial charge in [0.15, 0.2) is 0 Å². The minimum Gasteiger partial charge on any atom is -0.487 e. The summed E-state index contributed by atoms with van der Waals surface area (Å²) in [5.74, 6) is 1.54. The molecule has 0 amide bonds. The third-order valence-electron chi connectivity index (χ3n) is 2.54. The van der Waals surface area contributed by atoms with Crippen molar-refractivity contribution in [1.29, 1.82) is 0 Å². The van der Waals surface area contributed by atoms with Crippen molar-refractivity contribution < 1.29 is 4.74 Å². The van der Waals surface area contributed by atoms with Crippen molar-refractivity contribution in [3.63, 3.8) is 0 Å². The molecule has 18 heavy (non-hydrogen) atoms. The highest BCUT2D eigenvalue weighted by Crippen LogP contribution is 2.23. The second-order valence-electron chi connectivity index (χ2n) is 4.84. The van der Waals surface area contributed by atoms with Gasteiger partial charge < -0.3 is 10.1 Å². The summed E-state index contributed by atoms with van der Waals surface area (Å²) in [6, 6.07) is 6.06. The van der Waals surface area contributed by atoms with E-state index in [-0.39, 0.29) is 6.10 Å². The lowest BCUT2D eigenvalue weighted by Crippen LogP contribution is -2.19. The van der Waals surface area contributed by atoms with Crippen molar-refractivity contribution in [3.05, 3.63) is 40.9 Å². The van der Waals surface area contributed by atoms with Crippen molar-refractivity contribution >= 4 is 15.9 Å². The highest BCUT2D eigenvalue weighted by Gasteiger charge is 2.05. The van der Waals surface area contributed by atoms with E-state index in [1.165, 1.54) is 5.56 Å². The fourth-order valence-electron chi connectivity index (χ4n) is 1.52. The summed E-state index contributed by atoms with van der Waals surface area (Å²) in [6.07, 6.45) is 1.82. The molecule has 1 N–H and O–H groups in total. The maximum absolute atomic E-state index is 5.72. The molecule has 100 valence electrons. The molecule has 0 radical (unpaired) electrons. The Balaban J connectivity index is 2.65. The number of nitrogens with one attached hydrogen (secondary N) is 1. The van der Waals surface area contributed by atoms with Crippen LogP contribution in [0.25, 0.3) is 0 Å². The van der Waals surface area contributed by atoms with E-state index >= 15 is 0 Å². The van der Waals surface area contributed by atoms with E-state index < -0.39 is 0 Å². The number of hydrogen-bond acceptors (Lipinski definition) is 2. The summed E-state index contributed by atoms with van der Waals surface area (Å²) in [5.41, 5.74) is 1.21. The first-order valence-electron chi connectivity index (χ1n) is 6.31. The predicted octanol–water partition coefficient (Wildman–Crippen LogP) is 4.15. The molecule has 1 aromatic rings. The van der Waals surface area contributed by atoms with Crippen LogP contribution >= 0.6 is 15.9 Å². The third kappa shape index (κ3) is 5.23. The lowest BCUT2D eigenvalue weighted by atomic mass is 10.2. The molecule has 0 saturated carbocycles. The van der Waals surface area contributed by atoms with Gasteiger partial charge in [0.05, 0.1) is 0 Å². The van der Waals surface area contributed by atoms with Gasteiger partial charge in [0.25, 0.3) is 0 Å². The van der Waals surface area contributed by atoms with E-state index in [0.29, 0.717) is 5.92 Å². The number of halogens is 1. The molecule has 0 aliphatic heterocycles. The molecule has 1 unspecified atom stereocenters. The minimum absolute atomic E-state index is 0.0302. The zero-order chi connectivity index (χ0) is 13.5. The number of benzene rings is 1. The Bertz CT molecular complexity index is 390. The zero-order valence-electron chi connectivity index (χ0n) is 11.4. The fraction of sp³-hybridized carbons (Fsp3) is 0.467. The van der Waals surface area contributed by atoms with Crippen LogP contribution in [-0.2, 0) is 6.54 Å². The van der Waals surface area contributed by atoms with Crippen LogP contribution in [0.2, 0.25) is 0 Å². The van der Waals surface area contributed by atoms with E-state index in [1.54, 1.807) is 6.08 Å². The Labute approximate surface area is 119 Å². The number of ether oxygens (including phenoxy) is 1. The topological polar surface area (TPSA) is 21.3 Å². The first-order chi connectivity index (χ1) is 8.52. The molecule has 3 heteroatoms. The van der Waals surface area contributed by atoms with Gasteiger partial charge in [-0.2, -0.15) is 0 Å². The SMILES string of the molecule is C=CC(C)Oc1ccc(Br)c(CNCC(C)C)c1. The first kappa shape index (κ1) is 15.3. The van der Waals surface area contributed by atoms with Crippen molar-refractivity contribution in [3.8, 4) is 5.75 Å². The van der Waals surface area contributed by atoms with Gasteiger partial charge in [0.2, 0.25) is 0 Å². The average molecular weight is 312 g/mol. The second kappa shape index (κ2) is 7.59. The summed E-state index contributed by atoms with van der Waals surface area (Å²) in [4.78, 5) is 0. The molecule has 0 saturated heterocycles. The van der Waals surface area contributed by atoms with Crippen LogP contribution in [0.1, 0.15) is 26.3 Å². The lowest BCUT2D eigenvalue weighted by Gasteiger charge is -2.14. The van der Waals surface area contributed by atoms with E-state index in [0.717, 1.165) is 23.3 Å². The summed E-state index contributed by atoms with van der Waals surface area (Å²) in [7, 11) is 0. The van der Waals surface area contributed by atoms with Crippen molar-refractivity contribution in [2.24, 2.45) is 5.92 Å². The van der Waals surface area contributed by atoms with Crippen LogP contribution in [0.3, 0.4) is 0 Å². The van der Waals surface area contributed by atoms with Gasteiger partial charge in [-0.05, 0) is 43.1 Å². The van der Waals surface area contributed by atoms with Crippen LogP contribution in [-0.4, -0.2) is 12.6 Å². The molecule has 0 aromatic heterocycles. The van der Waals surface area contributed by atoms with Gasteiger partial charge in [0.1, 0.15) is 11.9 Å². The Morgan fingerprint density at radius 3 is 2.72 bits per heavy atom. The van der Waals surface area contributed by atoms with Crippen LogP contribution in [0.15, 0.2) is 35.3 Å². The summed E-state index contributed by atoms with van der Waals surface area (Å²) >= 11 is 3.57. The van der Waals surface area contributed by atoms with Gasteiger partial charge in [-0.15, -0.1) is 0 Å². The molecule has 0 bridgehead atoms. The van der Waals surface area contributed by atoms with Gasteiger partial charge >= 0.3 is 0 Å². The van der Waals surface area contributed by atoms with Gasteiger partial charge in [-0.3, -0.25) is 0 Å². The molecule has 2 nitrogen and oxygen atoms in total. The van der Waals surface area contributed by atoms with Crippen LogP contribution in [0.5, 0.6) is 5.75 Å². The second-order valence-corrected chi connectivity index (χ2v) is 5.69. The largest absolute Gasteiger partial charge is 0.487 e. The van der Waals surface area contributed by atoms with E-state index in [1.807, 2.05) is 19.1 Å². The third-order valence-corrected chi connectivity index (χ3v) is 3.31.